The van der Waals surface area contributed by atoms with Gasteiger partial charge >= 0.3 is 0 Å². The molecule has 0 fully saturated rings. The summed E-state index contributed by atoms with van der Waals surface area (Å²) in [5.41, 5.74) is 4.76. The van der Waals surface area contributed by atoms with Crippen molar-refractivity contribution in [2.24, 2.45) is 7.05 Å². The SMILES string of the molecule is Cc1ccc2nc(CSc3nnc(-c4ccc(C(C)(C)C)cc4)n3C)cc(=O)n2c1. The summed E-state index contributed by atoms with van der Waals surface area (Å²) in [5, 5.41) is 9.50. The average Bonchev–Trinajstić information content (AvgIpc) is 3.07. The smallest absolute Gasteiger partial charge is 0.258 e. The highest BCUT2D eigenvalue weighted by Gasteiger charge is 2.16. The monoisotopic (exact) mass is 419 g/mol. The minimum atomic E-state index is -0.0723. The Morgan fingerprint density at radius 1 is 1.03 bits per heavy atom. The van der Waals surface area contributed by atoms with Gasteiger partial charge in [0.05, 0.1) is 5.69 Å². The molecule has 0 aliphatic rings. The van der Waals surface area contributed by atoms with Crippen LogP contribution in [0.15, 0.2) is 58.6 Å². The molecule has 30 heavy (non-hydrogen) atoms. The van der Waals surface area contributed by atoms with E-state index in [-0.39, 0.29) is 11.0 Å². The zero-order valence-corrected chi connectivity index (χ0v) is 18.7. The highest BCUT2D eigenvalue weighted by Crippen LogP contribution is 2.27. The Kier molecular flexibility index (Phi) is 5.24. The van der Waals surface area contributed by atoms with Gasteiger partial charge in [-0.05, 0) is 29.5 Å². The highest BCUT2D eigenvalue weighted by atomic mass is 32.2. The Balaban J connectivity index is 1.54. The maximum atomic E-state index is 12.4. The van der Waals surface area contributed by atoms with Crippen molar-refractivity contribution in [3.05, 3.63) is 75.8 Å². The lowest BCUT2D eigenvalue weighted by Gasteiger charge is -2.19. The fourth-order valence-corrected chi connectivity index (χ4v) is 4.09. The van der Waals surface area contributed by atoms with Crippen LogP contribution in [0.4, 0.5) is 0 Å². The molecular weight excluding hydrogens is 394 g/mol. The van der Waals surface area contributed by atoms with Gasteiger partial charge in [0.2, 0.25) is 0 Å². The van der Waals surface area contributed by atoms with E-state index in [1.807, 2.05) is 36.9 Å². The molecule has 0 unspecified atom stereocenters. The lowest BCUT2D eigenvalue weighted by atomic mass is 9.87. The molecule has 3 heterocycles. The van der Waals surface area contributed by atoms with Crippen molar-refractivity contribution < 1.29 is 0 Å². The van der Waals surface area contributed by atoms with Gasteiger partial charge in [0.25, 0.3) is 5.56 Å². The molecule has 0 saturated heterocycles. The van der Waals surface area contributed by atoms with E-state index in [1.54, 1.807) is 10.5 Å². The van der Waals surface area contributed by atoms with Crippen LogP contribution in [0.1, 0.15) is 37.6 Å². The van der Waals surface area contributed by atoms with Gasteiger partial charge in [-0.25, -0.2) is 4.98 Å². The van der Waals surface area contributed by atoms with Crippen LogP contribution < -0.4 is 5.56 Å². The largest absolute Gasteiger partial charge is 0.305 e. The van der Waals surface area contributed by atoms with Gasteiger partial charge in [0.15, 0.2) is 11.0 Å². The van der Waals surface area contributed by atoms with Crippen molar-refractivity contribution in [1.82, 2.24) is 24.1 Å². The topological polar surface area (TPSA) is 65.1 Å². The molecule has 7 heteroatoms. The number of rotatable bonds is 4. The molecule has 0 aliphatic carbocycles. The van der Waals surface area contributed by atoms with Crippen molar-refractivity contribution >= 4 is 17.4 Å². The molecule has 1 aromatic carbocycles. The number of nitrogens with zero attached hydrogens (tertiary/aromatic N) is 5. The quantitative estimate of drug-likeness (QED) is 0.459. The van der Waals surface area contributed by atoms with Crippen LogP contribution in [0.25, 0.3) is 17.0 Å². The first-order valence-corrected chi connectivity index (χ1v) is 10.8. The van der Waals surface area contributed by atoms with Crippen LogP contribution in [-0.2, 0) is 18.2 Å². The molecule has 154 valence electrons. The Hall–Kier alpha value is -2.93. The number of hydrogen-bond donors (Lipinski definition) is 0. The number of pyridine rings is 1. The molecule has 3 aromatic heterocycles. The van der Waals surface area contributed by atoms with E-state index in [1.165, 1.54) is 17.3 Å². The van der Waals surface area contributed by atoms with Gasteiger partial charge in [0.1, 0.15) is 5.65 Å². The molecule has 6 nitrogen and oxygen atoms in total. The predicted octanol–water partition coefficient (Wildman–Crippen LogP) is 4.39. The van der Waals surface area contributed by atoms with E-state index < -0.39 is 0 Å². The van der Waals surface area contributed by atoms with Crippen molar-refractivity contribution in [3.8, 4) is 11.4 Å². The van der Waals surface area contributed by atoms with E-state index in [0.717, 1.165) is 27.8 Å². The van der Waals surface area contributed by atoms with E-state index >= 15 is 0 Å². The average molecular weight is 420 g/mol. The molecule has 0 saturated carbocycles. The highest BCUT2D eigenvalue weighted by molar-refractivity contribution is 7.98. The van der Waals surface area contributed by atoms with Crippen molar-refractivity contribution in [3.63, 3.8) is 0 Å². The molecule has 0 spiro atoms. The molecule has 0 aliphatic heterocycles. The van der Waals surface area contributed by atoms with E-state index in [9.17, 15) is 4.79 Å². The minimum absolute atomic E-state index is 0.0723. The molecule has 0 radical (unpaired) electrons. The summed E-state index contributed by atoms with van der Waals surface area (Å²) in [6.07, 6.45) is 1.81. The van der Waals surface area contributed by atoms with Crippen LogP contribution in [0, 0.1) is 6.92 Å². The first-order chi connectivity index (χ1) is 14.2. The number of hydrogen-bond acceptors (Lipinski definition) is 5. The van der Waals surface area contributed by atoms with E-state index in [4.69, 9.17) is 0 Å². The zero-order valence-electron chi connectivity index (χ0n) is 17.9. The van der Waals surface area contributed by atoms with Gasteiger partial charge in [-0.1, -0.05) is 62.9 Å². The predicted molar refractivity (Wildman–Crippen MR) is 121 cm³/mol. The van der Waals surface area contributed by atoms with Gasteiger partial charge < -0.3 is 4.57 Å². The Morgan fingerprint density at radius 3 is 2.47 bits per heavy atom. The molecule has 0 atom stereocenters. The van der Waals surface area contributed by atoms with Crippen molar-refractivity contribution in [1.29, 1.82) is 0 Å². The van der Waals surface area contributed by atoms with Crippen LogP contribution in [0.2, 0.25) is 0 Å². The second-order valence-corrected chi connectivity index (χ2v) is 9.44. The van der Waals surface area contributed by atoms with Gasteiger partial charge in [-0.2, -0.15) is 0 Å². The molecule has 0 amide bonds. The van der Waals surface area contributed by atoms with Crippen LogP contribution in [-0.4, -0.2) is 24.1 Å². The van der Waals surface area contributed by atoms with Crippen LogP contribution in [0.5, 0.6) is 0 Å². The fraction of sp³-hybridized carbons (Fsp3) is 0.304. The Morgan fingerprint density at radius 2 is 1.77 bits per heavy atom. The zero-order chi connectivity index (χ0) is 21.5. The summed E-state index contributed by atoms with van der Waals surface area (Å²) >= 11 is 1.52. The lowest BCUT2D eigenvalue weighted by molar-refractivity contribution is 0.590. The molecule has 4 rings (SSSR count). The maximum absolute atomic E-state index is 12.4. The minimum Gasteiger partial charge on any atom is -0.305 e. The third-order valence-electron chi connectivity index (χ3n) is 5.05. The number of fused-ring (bicyclic) bond motifs is 1. The molecule has 4 aromatic rings. The standard InChI is InChI=1S/C23H25N5OS/c1-15-6-11-19-24-18(12-20(29)28(19)13-15)14-30-22-26-25-21(27(22)5)16-7-9-17(10-8-16)23(2,3)4/h6-13H,14H2,1-5H3. The summed E-state index contributed by atoms with van der Waals surface area (Å²) in [7, 11) is 1.96. The summed E-state index contributed by atoms with van der Waals surface area (Å²) in [4.78, 5) is 17.0. The second kappa shape index (κ2) is 7.72. The Labute approximate surface area is 180 Å². The fourth-order valence-electron chi connectivity index (χ4n) is 3.28. The Bertz CT molecular complexity index is 1270. The second-order valence-electron chi connectivity index (χ2n) is 8.50. The molecule has 0 N–H and O–H groups in total. The maximum Gasteiger partial charge on any atom is 0.258 e. The van der Waals surface area contributed by atoms with Crippen molar-refractivity contribution in [2.45, 2.75) is 44.0 Å². The molecular formula is C23H25N5OS. The number of benzene rings is 1. The van der Waals surface area contributed by atoms with Crippen molar-refractivity contribution in [2.75, 3.05) is 0 Å². The third-order valence-corrected chi connectivity index (χ3v) is 6.11. The van der Waals surface area contributed by atoms with Gasteiger partial charge in [-0.3, -0.25) is 9.20 Å². The van der Waals surface area contributed by atoms with Gasteiger partial charge in [-0.15, -0.1) is 10.2 Å². The van der Waals surface area contributed by atoms with Crippen LogP contribution in [0.3, 0.4) is 0 Å². The first kappa shape index (κ1) is 20.3. The van der Waals surface area contributed by atoms with E-state index in [2.05, 4.69) is 60.2 Å². The lowest BCUT2D eigenvalue weighted by Crippen LogP contribution is -2.15. The van der Waals surface area contributed by atoms with E-state index in [0.29, 0.717) is 11.4 Å². The number of aryl methyl sites for hydroxylation is 1. The van der Waals surface area contributed by atoms with Crippen LogP contribution >= 0.6 is 11.8 Å². The molecule has 0 bridgehead atoms. The third kappa shape index (κ3) is 4.03. The normalized spacial score (nSPS) is 11.9. The van der Waals surface area contributed by atoms with Gasteiger partial charge in [0, 0.05) is 30.6 Å². The summed E-state index contributed by atoms with van der Waals surface area (Å²) in [6, 6.07) is 13.9. The summed E-state index contributed by atoms with van der Waals surface area (Å²) < 4.78 is 3.55. The number of thioether (sulfide) groups is 1. The number of aromatic nitrogens is 5. The summed E-state index contributed by atoms with van der Waals surface area (Å²) in [5.74, 6) is 1.37. The summed E-state index contributed by atoms with van der Waals surface area (Å²) in [6.45, 7) is 8.56. The first-order valence-electron chi connectivity index (χ1n) is 9.84.